The molecule has 0 bridgehead atoms. The van der Waals surface area contributed by atoms with Crippen molar-refractivity contribution in [3.05, 3.63) is 45.3 Å². The van der Waals surface area contributed by atoms with Crippen molar-refractivity contribution in [2.24, 2.45) is 0 Å². The van der Waals surface area contributed by atoms with Gasteiger partial charge in [-0.25, -0.2) is 4.39 Å². The van der Waals surface area contributed by atoms with E-state index in [0.29, 0.717) is 18.7 Å². The number of hydrogen-bond donors (Lipinski definition) is 2. The zero-order chi connectivity index (χ0) is 14.5. The molecule has 0 aliphatic carbocycles. The van der Waals surface area contributed by atoms with Crippen LogP contribution in [0.25, 0.3) is 0 Å². The fourth-order valence-electron chi connectivity index (χ4n) is 1.72. The lowest BCUT2D eigenvalue weighted by Gasteiger charge is -2.07. The second-order valence-electron chi connectivity index (χ2n) is 4.25. The maximum absolute atomic E-state index is 13.4. The quantitative estimate of drug-likeness (QED) is 0.829. The molecule has 5 nitrogen and oxygen atoms in total. The van der Waals surface area contributed by atoms with Crippen molar-refractivity contribution in [3.8, 4) is 0 Å². The van der Waals surface area contributed by atoms with E-state index in [9.17, 15) is 14.0 Å². The first-order valence-electron chi connectivity index (χ1n) is 6.05. The van der Waals surface area contributed by atoms with Gasteiger partial charge in [-0.3, -0.25) is 9.59 Å². The number of nitrogens with one attached hydrogen (secondary N) is 1. The molecule has 0 aliphatic heterocycles. The Hall–Kier alpha value is -2.15. The number of carbonyl (C=O) groups is 1. The number of amides is 1. The molecule has 0 fully saturated rings. The van der Waals surface area contributed by atoms with E-state index >= 15 is 0 Å². The summed E-state index contributed by atoms with van der Waals surface area (Å²) in [5, 5.41) is 4.17. The molecule has 0 aliphatic rings. The Bertz CT molecular complexity index is 666. The van der Waals surface area contributed by atoms with Crippen LogP contribution >= 0.6 is 11.3 Å². The minimum absolute atomic E-state index is 0.0488. The average Bonchev–Trinajstić information content (AvgIpc) is 2.80. The summed E-state index contributed by atoms with van der Waals surface area (Å²) in [5.41, 5.74) is 5.98. The fourth-order valence-corrected chi connectivity index (χ4v) is 2.33. The molecule has 1 amide bonds. The van der Waals surface area contributed by atoms with Crippen LogP contribution in [0.1, 0.15) is 12.8 Å². The number of nitrogen functional groups attached to an aromatic ring is 1. The smallest absolute Gasteiger partial charge is 0.307 e. The van der Waals surface area contributed by atoms with Gasteiger partial charge in [0.25, 0.3) is 0 Å². The number of thiazole rings is 1. The van der Waals surface area contributed by atoms with Crippen LogP contribution in [0.2, 0.25) is 0 Å². The monoisotopic (exact) mass is 295 g/mol. The Kier molecular flexibility index (Phi) is 4.52. The largest absolute Gasteiger partial charge is 0.399 e. The number of nitrogens with two attached hydrogens (primary N) is 1. The molecule has 20 heavy (non-hydrogen) atoms. The molecule has 2 rings (SSSR count). The van der Waals surface area contributed by atoms with E-state index in [1.54, 1.807) is 16.1 Å². The summed E-state index contributed by atoms with van der Waals surface area (Å²) in [6.45, 7) is 0.467. The number of nitrogens with zero attached hydrogens (tertiary/aromatic N) is 1. The zero-order valence-corrected chi connectivity index (χ0v) is 11.5. The van der Waals surface area contributed by atoms with Crippen molar-refractivity contribution < 1.29 is 9.18 Å². The molecule has 3 N–H and O–H groups in total. The van der Waals surface area contributed by atoms with Crippen LogP contribution < -0.4 is 15.9 Å². The van der Waals surface area contributed by atoms with Gasteiger partial charge in [-0.15, -0.1) is 0 Å². The standard InChI is InChI=1S/C13H14FN3O2S/c14-10-4-3-9(15)8-11(10)16-12(18)2-1-5-17-6-7-20-13(17)19/h3-4,6-8H,1-2,5,15H2,(H,16,18). The minimum Gasteiger partial charge on any atom is -0.399 e. The lowest BCUT2D eigenvalue weighted by molar-refractivity contribution is -0.116. The number of hydrogen-bond acceptors (Lipinski definition) is 4. The van der Waals surface area contributed by atoms with Crippen LogP contribution in [0, 0.1) is 5.82 Å². The molecular formula is C13H14FN3O2S. The van der Waals surface area contributed by atoms with Crippen molar-refractivity contribution in [2.75, 3.05) is 11.1 Å². The molecule has 1 aromatic carbocycles. The molecule has 106 valence electrons. The highest BCUT2D eigenvalue weighted by molar-refractivity contribution is 7.07. The van der Waals surface area contributed by atoms with E-state index < -0.39 is 5.82 Å². The Morgan fingerprint density at radius 2 is 2.25 bits per heavy atom. The Balaban J connectivity index is 1.85. The number of carbonyl (C=O) groups excluding carboxylic acids is 1. The van der Waals surface area contributed by atoms with Crippen LogP contribution in [0.3, 0.4) is 0 Å². The summed E-state index contributed by atoms with van der Waals surface area (Å²) in [4.78, 5) is 22.9. The van der Waals surface area contributed by atoms with Crippen molar-refractivity contribution in [1.29, 1.82) is 0 Å². The maximum Gasteiger partial charge on any atom is 0.307 e. The number of rotatable bonds is 5. The van der Waals surface area contributed by atoms with Crippen molar-refractivity contribution in [3.63, 3.8) is 0 Å². The molecule has 1 heterocycles. The lowest BCUT2D eigenvalue weighted by Crippen LogP contribution is -2.16. The molecule has 0 saturated carbocycles. The van der Waals surface area contributed by atoms with Gasteiger partial charge in [0.2, 0.25) is 5.91 Å². The highest BCUT2D eigenvalue weighted by atomic mass is 32.1. The second kappa shape index (κ2) is 6.33. The van der Waals surface area contributed by atoms with Gasteiger partial charge in [-0.05, 0) is 24.6 Å². The second-order valence-corrected chi connectivity index (χ2v) is 5.11. The third kappa shape index (κ3) is 3.67. The summed E-state index contributed by atoms with van der Waals surface area (Å²) in [7, 11) is 0. The molecule has 1 aromatic heterocycles. The van der Waals surface area contributed by atoms with Gasteiger partial charge >= 0.3 is 4.87 Å². The molecule has 0 radical (unpaired) electrons. The minimum atomic E-state index is -0.526. The summed E-state index contributed by atoms with van der Waals surface area (Å²) in [6, 6.07) is 4.00. The highest BCUT2D eigenvalue weighted by Crippen LogP contribution is 2.17. The first kappa shape index (κ1) is 14.3. The number of aromatic nitrogens is 1. The summed E-state index contributed by atoms with van der Waals surface area (Å²) in [5.74, 6) is -0.834. The lowest BCUT2D eigenvalue weighted by atomic mass is 10.2. The van der Waals surface area contributed by atoms with Gasteiger partial charge < -0.3 is 15.6 Å². The third-order valence-electron chi connectivity index (χ3n) is 2.71. The van der Waals surface area contributed by atoms with E-state index in [1.165, 1.54) is 18.2 Å². The fraction of sp³-hybridized carbons (Fsp3) is 0.231. The van der Waals surface area contributed by atoms with Crippen LogP contribution in [-0.4, -0.2) is 10.5 Å². The predicted octanol–water partition coefficient (Wildman–Crippen LogP) is 2.05. The summed E-state index contributed by atoms with van der Waals surface area (Å²) in [6.07, 6.45) is 2.39. The van der Waals surface area contributed by atoms with E-state index in [4.69, 9.17) is 5.73 Å². The van der Waals surface area contributed by atoms with Crippen molar-refractivity contribution in [2.45, 2.75) is 19.4 Å². The van der Waals surface area contributed by atoms with Gasteiger partial charge in [0.1, 0.15) is 5.82 Å². The van der Waals surface area contributed by atoms with Crippen LogP contribution in [0.5, 0.6) is 0 Å². The Morgan fingerprint density at radius 3 is 2.95 bits per heavy atom. The Morgan fingerprint density at radius 1 is 1.45 bits per heavy atom. The van der Waals surface area contributed by atoms with E-state index in [1.807, 2.05) is 0 Å². The van der Waals surface area contributed by atoms with Gasteiger partial charge in [0.15, 0.2) is 0 Å². The van der Waals surface area contributed by atoms with Gasteiger partial charge in [-0.1, -0.05) is 11.3 Å². The first-order valence-corrected chi connectivity index (χ1v) is 6.93. The van der Waals surface area contributed by atoms with Crippen molar-refractivity contribution >= 4 is 28.6 Å². The van der Waals surface area contributed by atoms with E-state index in [0.717, 1.165) is 11.3 Å². The van der Waals surface area contributed by atoms with Gasteiger partial charge in [0, 0.05) is 30.2 Å². The van der Waals surface area contributed by atoms with Crippen molar-refractivity contribution in [1.82, 2.24) is 4.57 Å². The zero-order valence-electron chi connectivity index (χ0n) is 10.6. The average molecular weight is 295 g/mol. The topological polar surface area (TPSA) is 77.1 Å². The molecular weight excluding hydrogens is 281 g/mol. The number of anilines is 2. The molecule has 7 heteroatoms. The SMILES string of the molecule is Nc1ccc(F)c(NC(=O)CCCn2ccsc2=O)c1. The maximum atomic E-state index is 13.4. The first-order chi connectivity index (χ1) is 9.56. The highest BCUT2D eigenvalue weighted by Gasteiger charge is 2.07. The normalized spacial score (nSPS) is 10.4. The Labute approximate surface area is 118 Å². The molecule has 0 spiro atoms. The van der Waals surface area contributed by atoms with Gasteiger partial charge in [-0.2, -0.15) is 0 Å². The molecule has 0 unspecified atom stereocenters. The molecule has 2 aromatic rings. The van der Waals surface area contributed by atoms with Crippen LogP contribution in [0.15, 0.2) is 34.6 Å². The molecule has 0 atom stereocenters. The molecule has 0 saturated heterocycles. The number of benzene rings is 1. The third-order valence-corrected chi connectivity index (χ3v) is 3.41. The number of halogens is 1. The van der Waals surface area contributed by atoms with E-state index in [-0.39, 0.29) is 22.9 Å². The summed E-state index contributed by atoms with van der Waals surface area (Å²) >= 11 is 1.11. The van der Waals surface area contributed by atoms with Gasteiger partial charge in [0.05, 0.1) is 5.69 Å². The predicted molar refractivity (Wildman–Crippen MR) is 77.3 cm³/mol. The van der Waals surface area contributed by atoms with Crippen LogP contribution in [0.4, 0.5) is 15.8 Å². The summed E-state index contributed by atoms with van der Waals surface area (Å²) < 4.78 is 15.0. The van der Waals surface area contributed by atoms with E-state index in [2.05, 4.69) is 5.32 Å². The van der Waals surface area contributed by atoms with Crippen LogP contribution in [-0.2, 0) is 11.3 Å². The number of aryl methyl sites for hydroxylation is 1.